The van der Waals surface area contributed by atoms with Gasteiger partial charge in [-0.15, -0.1) is 0 Å². The number of benzene rings is 1. The third-order valence-corrected chi connectivity index (χ3v) is 4.40. The average molecular weight is 346 g/mol. The molecule has 0 unspecified atom stereocenters. The molecule has 0 radical (unpaired) electrons. The van der Waals surface area contributed by atoms with Gasteiger partial charge in [-0.1, -0.05) is 19.1 Å². The second-order valence-electron chi connectivity index (χ2n) is 6.36. The number of rotatable bonds is 6. The molecule has 25 heavy (non-hydrogen) atoms. The van der Waals surface area contributed by atoms with E-state index in [0.29, 0.717) is 5.69 Å². The molecule has 1 fully saturated rings. The molecule has 1 saturated heterocycles. The monoisotopic (exact) mass is 346 g/mol. The molecule has 1 atom stereocenters. The third kappa shape index (κ3) is 5.89. The summed E-state index contributed by atoms with van der Waals surface area (Å²) in [7, 11) is 0. The lowest BCUT2D eigenvalue weighted by molar-refractivity contribution is -0.153. The highest BCUT2D eigenvalue weighted by Gasteiger charge is 2.25. The van der Waals surface area contributed by atoms with Crippen molar-refractivity contribution in [3.8, 4) is 0 Å². The van der Waals surface area contributed by atoms with Crippen LogP contribution in [0.5, 0.6) is 0 Å². The highest BCUT2D eigenvalue weighted by Crippen LogP contribution is 2.19. The van der Waals surface area contributed by atoms with Gasteiger partial charge in [-0.2, -0.15) is 0 Å². The highest BCUT2D eigenvalue weighted by molar-refractivity contribution is 5.88. The predicted molar refractivity (Wildman–Crippen MR) is 95.1 cm³/mol. The normalized spacial score (nSPS) is 17.0. The lowest BCUT2D eigenvalue weighted by Crippen LogP contribution is -2.45. The summed E-state index contributed by atoms with van der Waals surface area (Å²) in [6.07, 6.45) is 4.22. The maximum Gasteiger partial charge on any atom is 0.310 e. The molecule has 1 aromatic rings. The van der Waals surface area contributed by atoms with E-state index in [9.17, 15) is 14.4 Å². The average Bonchev–Trinajstić information content (AvgIpc) is 2.61. The Balaban J connectivity index is 1.79. The van der Waals surface area contributed by atoms with E-state index in [0.717, 1.165) is 37.8 Å². The maximum atomic E-state index is 12.3. The van der Waals surface area contributed by atoms with Crippen LogP contribution < -0.4 is 5.32 Å². The van der Waals surface area contributed by atoms with Gasteiger partial charge in [-0.05, 0) is 43.4 Å². The van der Waals surface area contributed by atoms with Crippen LogP contribution in [0.1, 0.15) is 45.1 Å². The number of likely N-dealkylation sites (tertiary alicyclic amines) is 1. The van der Waals surface area contributed by atoms with Crippen molar-refractivity contribution < 1.29 is 19.1 Å². The van der Waals surface area contributed by atoms with E-state index < -0.39 is 5.97 Å². The van der Waals surface area contributed by atoms with Crippen LogP contribution in [0.25, 0.3) is 0 Å². The van der Waals surface area contributed by atoms with Crippen LogP contribution in [0.15, 0.2) is 24.3 Å². The summed E-state index contributed by atoms with van der Waals surface area (Å²) >= 11 is 0. The van der Waals surface area contributed by atoms with E-state index in [1.54, 1.807) is 24.3 Å². The molecule has 0 aliphatic carbocycles. The first kappa shape index (κ1) is 19.0. The lowest BCUT2D eigenvalue weighted by Gasteiger charge is -2.35. The third-order valence-electron chi connectivity index (χ3n) is 4.40. The lowest BCUT2D eigenvalue weighted by atomic mass is 10.00. The van der Waals surface area contributed by atoms with Crippen molar-refractivity contribution in [2.45, 2.75) is 52.0 Å². The van der Waals surface area contributed by atoms with Crippen LogP contribution >= 0.6 is 0 Å². The van der Waals surface area contributed by atoms with Gasteiger partial charge in [0.2, 0.25) is 5.91 Å². The topological polar surface area (TPSA) is 75.7 Å². The van der Waals surface area contributed by atoms with Crippen LogP contribution in [0, 0.1) is 0 Å². The minimum absolute atomic E-state index is 0.102. The number of nitrogens with zero attached hydrogens (tertiary/aromatic N) is 1. The first-order chi connectivity index (χ1) is 12.0. The molecule has 6 nitrogen and oxygen atoms in total. The maximum absolute atomic E-state index is 12.3. The molecule has 1 heterocycles. The Morgan fingerprint density at radius 3 is 2.56 bits per heavy atom. The van der Waals surface area contributed by atoms with Gasteiger partial charge in [-0.3, -0.25) is 14.4 Å². The summed E-state index contributed by atoms with van der Waals surface area (Å²) < 4.78 is 5.15. The Labute approximate surface area is 148 Å². The standard InChI is InChI=1S/C19H26N2O4/c1-3-17-6-4-5-11-21(17)18(23)13-25-19(24)12-15-7-9-16(10-8-15)20-14(2)22/h7-10,17H,3-6,11-13H2,1-2H3,(H,20,22)/t17-/m1/s1. The van der Waals surface area contributed by atoms with E-state index in [2.05, 4.69) is 12.2 Å². The number of carbonyl (C=O) groups is 3. The second-order valence-corrected chi connectivity index (χ2v) is 6.36. The van der Waals surface area contributed by atoms with Crippen molar-refractivity contribution >= 4 is 23.5 Å². The van der Waals surface area contributed by atoms with E-state index in [4.69, 9.17) is 4.74 Å². The van der Waals surface area contributed by atoms with Crippen molar-refractivity contribution in [3.05, 3.63) is 29.8 Å². The number of carbonyl (C=O) groups excluding carboxylic acids is 3. The smallest absolute Gasteiger partial charge is 0.310 e. The fourth-order valence-corrected chi connectivity index (χ4v) is 3.11. The van der Waals surface area contributed by atoms with E-state index in [1.165, 1.54) is 6.92 Å². The minimum Gasteiger partial charge on any atom is -0.455 e. The molecule has 1 aliphatic rings. The zero-order valence-electron chi connectivity index (χ0n) is 14.9. The van der Waals surface area contributed by atoms with Gasteiger partial charge in [0, 0.05) is 25.2 Å². The fraction of sp³-hybridized carbons (Fsp3) is 0.526. The van der Waals surface area contributed by atoms with Crippen LogP contribution in [0.4, 0.5) is 5.69 Å². The summed E-state index contributed by atoms with van der Waals surface area (Å²) in [6, 6.07) is 7.24. The number of esters is 1. The van der Waals surface area contributed by atoms with Crippen LogP contribution in [-0.4, -0.2) is 41.9 Å². The van der Waals surface area contributed by atoms with Crippen molar-refractivity contribution in [1.29, 1.82) is 0 Å². The largest absolute Gasteiger partial charge is 0.455 e. The fourth-order valence-electron chi connectivity index (χ4n) is 3.11. The number of anilines is 1. The zero-order valence-corrected chi connectivity index (χ0v) is 14.9. The molecule has 0 bridgehead atoms. The Morgan fingerprint density at radius 1 is 1.20 bits per heavy atom. The Kier molecular flexibility index (Phi) is 6.98. The van der Waals surface area contributed by atoms with Gasteiger partial charge in [0.1, 0.15) is 0 Å². The molecule has 136 valence electrons. The van der Waals surface area contributed by atoms with Crippen molar-refractivity contribution in [3.63, 3.8) is 0 Å². The first-order valence-electron chi connectivity index (χ1n) is 8.81. The van der Waals surface area contributed by atoms with E-state index >= 15 is 0 Å². The number of ether oxygens (including phenoxy) is 1. The van der Waals surface area contributed by atoms with Gasteiger partial charge >= 0.3 is 5.97 Å². The molecule has 0 spiro atoms. The van der Waals surface area contributed by atoms with Crippen molar-refractivity contribution in [2.75, 3.05) is 18.5 Å². The van der Waals surface area contributed by atoms with Crippen molar-refractivity contribution in [1.82, 2.24) is 4.90 Å². The minimum atomic E-state index is -0.425. The predicted octanol–water partition coefficient (Wildman–Crippen LogP) is 2.52. The number of piperidine rings is 1. The molecule has 6 heteroatoms. The quantitative estimate of drug-likeness (QED) is 0.803. The van der Waals surface area contributed by atoms with Gasteiger partial charge in [0.25, 0.3) is 5.91 Å². The van der Waals surface area contributed by atoms with Crippen molar-refractivity contribution in [2.24, 2.45) is 0 Å². The summed E-state index contributed by atoms with van der Waals surface area (Å²) in [5.41, 5.74) is 1.45. The number of nitrogens with one attached hydrogen (secondary N) is 1. The Morgan fingerprint density at radius 2 is 1.92 bits per heavy atom. The highest BCUT2D eigenvalue weighted by atomic mass is 16.5. The van der Waals surface area contributed by atoms with Gasteiger partial charge in [0.15, 0.2) is 6.61 Å². The van der Waals surface area contributed by atoms with Crippen LogP contribution in [0.2, 0.25) is 0 Å². The van der Waals surface area contributed by atoms with E-state index in [-0.39, 0.29) is 30.9 Å². The molecule has 1 N–H and O–H groups in total. The Bertz CT molecular complexity index is 612. The van der Waals surface area contributed by atoms with Crippen LogP contribution in [0.3, 0.4) is 0 Å². The second kappa shape index (κ2) is 9.20. The van der Waals surface area contributed by atoms with E-state index in [1.807, 2.05) is 4.90 Å². The zero-order chi connectivity index (χ0) is 18.2. The molecule has 0 aromatic heterocycles. The SMILES string of the molecule is CC[C@@H]1CCCCN1C(=O)COC(=O)Cc1ccc(NC(C)=O)cc1. The molecule has 1 aliphatic heterocycles. The Hall–Kier alpha value is -2.37. The number of hydrogen-bond donors (Lipinski definition) is 1. The molecule has 2 rings (SSSR count). The molecule has 0 saturated carbocycles. The first-order valence-corrected chi connectivity index (χ1v) is 8.81. The molecule has 1 aromatic carbocycles. The molecule has 2 amide bonds. The van der Waals surface area contributed by atoms with Gasteiger partial charge in [0.05, 0.1) is 6.42 Å². The number of amides is 2. The number of hydrogen-bond acceptors (Lipinski definition) is 4. The molecular formula is C19H26N2O4. The summed E-state index contributed by atoms with van der Waals surface area (Å²) in [5, 5.41) is 2.67. The molecular weight excluding hydrogens is 320 g/mol. The summed E-state index contributed by atoms with van der Waals surface area (Å²) in [4.78, 5) is 37.1. The van der Waals surface area contributed by atoms with Gasteiger partial charge < -0.3 is 15.0 Å². The van der Waals surface area contributed by atoms with Gasteiger partial charge in [-0.25, -0.2) is 0 Å². The summed E-state index contributed by atoms with van der Waals surface area (Å²) in [5.74, 6) is -0.680. The summed E-state index contributed by atoms with van der Waals surface area (Å²) in [6.45, 7) is 4.07. The van der Waals surface area contributed by atoms with Crippen LogP contribution in [-0.2, 0) is 25.5 Å².